The number of amides is 1. The van der Waals surface area contributed by atoms with Gasteiger partial charge in [0.15, 0.2) is 0 Å². The minimum atomic E-state index is 0. The molecule has 26 heavy (non-hydrogen) atoms. The van der Waals surface area contributed by atoms with Crippen molar-refractivity contribution in [1.29, 1.82) is 0 Å². The Morgan fingerprint density at radius 2 is 1.96 bits per heavy atom. The molecule has 2 unspecified atom stereocenters. The van der Waals surface area contributed by atoms with Gasteiger partial charge in [-0.25, -0.2) is 0 Å². The van der Waals surface area contributed by atoms with Crippen molar-refractivity contribution in [3.63, 3.8) is 0 Å². The number of carbonyl (C=O) groups is 1. The number of rotatable bonds is 2. The van der Waals surface area contributed by atoms with E-state index in [1.807, 2.05) is 29.2 Å². The van der Waals surface area contributed by atoms with E-state index in [1.165, 1.54) is 11.1 Å². The second-order valence-corrected chi connectivity index (χ2v) is 7.16. The first-order valence-corrected chi connectivity index (χ1v) is 8.86. The lowest BCUT2D eigenvalue weighted by molar-refractivity contribution is 0.0961. The second-order valence-electron chi connectivity index (χ2n) is 7.16. The first-order valence-electron chi connectivity index (χ1n) is 8.86. The first kappa shape index (κ1) is 18.7. The second kappa shape index (κ2) is 7.29. The molecule has 0 aromatic heterocycles. The summed E-state index contributed by atoms with van der Waals surface area (Å²) in [5.41, 5.74) is 4.25. The maximum absolute atomic E-state index is 13.4. The molecular weight excluding hydrogens is 348 g/mol. The van der Waals surface area contributed by atoms with Gasteiger partial charge in [0, 0.05) is 24.2 Å². The number of anilines is 1. The quantitative estimate of drug-likeness (QED) is 0.802. The van der Waals surface area contributed by atoms with Gasteiger partial charge in [0.1, 0.15) is 5.75 Å². The lowest BCUT2D eigenvalue weighted by Gasteiger charge is -2.36. The standard InChI is InChI=1S/C21H24N2O2.ClH/c1-14-8-9-18-16(12-14)17-13-22(2)11-10-19(17)23(18)21(24)15-6-4-5-7-20(15)25-3;/h4-9,12,17,19H,10-11,13H2,1-3H3;1H. The van der Waals surface area contributed by atoms with Gasteiger partial charge in [-0.15, -0.1) is 12.4 Å². The molecule has 2 atom stereocenters. The van der Waals surface area contributed by atoms with Gasteiger partial charge in [0.25, 0.3) is 5.91 Å². The molecule has 5 heteroatoms. The van der Waals surface area contributed by atoms with Crippen molar-refractivity contribution >= 4 is 24.0 Å². The number of ether oxygens (including phenoxy) is 1. The van der Waals surface area contributed by atoms with Gasteiger partial charge >= 0.3 is 0 Å². The van der Waals surface area contributed by atoms with E-state index >= 15 is 0 Å². The van der Waals surface area contributed by atoms with Crippen LogP contribution in [0.4, 0.5) is 5.69 Å². The molecular formula is C21H25ClN2O2. The smallest absolute Gasteiger partial charge is 0.262 e. The summed E-state index contributed by atoms with van der Waals surface area (Å²) in [5.74, 6) is 1.06. The van der Waals surface area contributed by atoms with Crippen LogP contribution in [-0.2, 0) is 0 Å². The number of carbonyl (C=O) groups excluding carboxylic acids is 1. The summed E-state index contributed by atoms with van der Waals surface area (Å²) < 4.78 is 5.43. The molecule has 0 N–H and O–H groups in total. The molecule has 1 fully saturated rings. The number of hydrogen-bond acceptors (Lipinski definition) is 3. The van der Waals surface area contributed by atoms with Crippen molar-refractivity contribution in [2.75, 3.05) is 32.1 Å². The summed E-state index contributed by atoms with van der Waals surface area (Å²) in [7, 11) is 3.78. The van der Waals surface area contributed by atoms with Crippen molar-refractivity contribution < 1.29 is 9.53 Å². The molecule has 2 aromatic carbocycles. The Balaban J connectivity index is 0.00000196. The van der Waals surface area contributed by atoms with Crippen molar-refractivity contribution in [2.24, 2.45) is 0 Å². The van der Waals surface area contributed by atoms with Gasteiger partial charge in [0.2, 0.25) is 0 Å². The third-order valence-corrected chi connectivity index (χ3v) is 5.51. The first-order chi connectivity index (χ1) is 12.1. The molecule has 138 valence electrons. The number of fused-ring (bicyclic) bond motifs is 3. The van der Waals surface area contributed by atoms with Gasteiger partial charge in [-0.1, -0.05) is 29.8 Å². The van der Waals surface area contributed by atoms with Crippen molar-refractivity contribution in [3.05, 3.63) is 59.2 Å². The van der Waals surface area contributed by atoms with Crippen molar-refractivity contribution in [3.8, 4) is 5.75 Å². The summed E-state index contributed by atoms with van der Waals surface area (Å²) in [5, 5.41) is 0. The molecule has 1 amide bonds. The summed E-state index contributed by atoms with van der Waals surface area (Å²) in [4.78, 5) is 17.8. The van der Waals surface area contributed by atoms with Crippen LogP contribution in [0.15, 0.2) is 42.5 Å². The topological polar surface area (TPSA) is 32.8 Å². The monoisotopic (exact) mass is 372 g/mol. The third-order valence-electron chi connectivity index (χ3n) is 5.51. The normalized spacial score (nSPS) is 21.6. The third kappa shape index (κ3) is 2.97. The van der Waals surface area contributed by atoms with Gasteiger partial charge in [-0.05, 0) is 50.7 Å². The van der Waals surface area contributed by atoms with Crippen LogP contribution < -0.4 is 9.64 Å². The predicted octanol–water partition coefficient (Wildman–Crippen LogP) is 3.87. The molecule has 1 saturated heterocycles. The van der Waals surface area contributed by atoms with E-state index < -0.39 is 0 Å². The average Bonchev–Trinajstić information content (AvgIpc) is 2.94. The van der Waals surface area contributed by atoms with Gasteiger partial charge < -0.3 is 14.5 Å². The Morgan fingerprint density at radius 3 is 2.73 bits per heavy atom. The number of likely N-dealkylation sites (tertiary alicyclic amines) is 1. The minimum absolute atomic E-state index is 0. The zero-order valence-corrected chi connectivity index (χ0v) is 16.3. The van der Waals surface area contributed by atoms with E-state index in [0.717, 1.165) is 25.2 Å². The molecule has 0 aliphatic carbocycles. The van der Waals surface area contributed by atoms with E-state index in [-0.39, 0.29) is 24.4 Å². The Labute approximate surface area is 161 Å². The minimum Gasteiger partial charge on any atom is -0.496 e. The Morgan fingerprint density at radius 1 is 1.19 bits per heavy atom. The summed E-state index contributed by atoms with van der Waals surface area (Å²) >= 11 is 0. The van der Waals surface area contributed by atoms with Crippen LogP contribution in [0.25, 0.3) is 0 Å². The van der Waals surface area contributed by atoms with Crippen LogP contribution >= 0.6 is 12.4 Å². The highest BCUT2D eigenvalue weighted by Gasteiger charge is 2.44. The zero-order valence-electron chi connectivity index (χ0n) is 15.4. The fourth-order valence-electron chi connectivity index (χ4n) is 4.30. The highest BCUT2D eigenvalue weighted by Crippen LogP contribution is 2.45. The number of methoxy groups -OCH3 is 1. The van der Waals surface area contributed by atoms with E-state index in [1.54, 1.807) is 7.11 Å². The molecule has 2 aromatic rings. The van der Waals surface area contributed by atoms with E-state index in [2.05, 4.69) is 37.1 Å². The summed E-state index contributed by atoms with van der Waals surface area (Å²) in [6, 6.07) is 14.2. The van der Waals surface area contributed by atoms with Crippen LogP contribution in [0.5, 0.6) is 5.75 Å². The number of benzene rings is 2. The van der Waals surface area contributed by atoms with Gasteiger partial charge in [0.05, 0.1) is 12.7 Å². The fraction of sp³-hybridized carbons (Fsp3) is 0.381. The highest BCUT2D eigenvalue weighted by molar-refractivity contribution is 6.09. The number of para-hydroxylation sites is 1. The summed E-state index contributed by atoms with van der Waals surface area (Å²) in [6.45, 7) is 4.13. The predicted molar refractivity (Wildman–Crippen MR) is 107 cm³/mol. The van der Waals surface area contributed by atoms with Crippen LogP contribution in [0, 0.1) is 6.92 Å². The molecule has 0 spiro atoms. The number of nitrogens with zero attached hydrogens (tertiary/aromatic N) is 2. The van der Waals surface area contributed by atoms with Gasteiger partial charge in [-0.3, -0.25) is 4.79 Å². The number of halogens is 1. The van der Waals surface area contributed by atoms with Crippen LogP contribution in [0.3, 0.4) is 0 Å². The average molecular weight is 373 g/mol. The molecule has 2 heterocycles. The molecule has 2 aliphatic heterocycles. The Kier molecular flexibility index (Phi) is 5.26. The van der Waals surface area contributed by atoms with Crippen molar-refractivity contribution in [2.45, 2.75) is 25.3 Å². The molecule has 0 bridgehead atoms. The molecule has 4 nitrogen and oxygen atoms in total. The molecule has 4 rings (SSSR count). The van der Waals surface area contributed by atoms with Crippen molar-refractivity contribution in [1.82, 2.24) is 4.90 Å². The maximum Gasteiger partial charge on any atom is 0.262 e. The van der Waals surface area contributed by atoms with Crippen LogP contribution in [-0.4, -0.2) is 44.1 Å². The number of piperidine rings is 1. The maximum atomic E-state index is 13.4. The lowest BCUT2D eigenvalue weighted by atomic mass is 9.88. The fourth-order valence-corrected chi connectivity index (χ4v) is 4.30. The van der Waals surface area contributed by atoms with E-state index in [9.17, 15) is 4.79 Å². The zero-order chi connectivity index (χ0) is 17.6. The number of likely N-dealkylation sites (N-methyl/N-ethyl adjacent to an activating group) is 1. The van der Waals surface area contributed by atoms with Crippen LogP contribution in [0.1, 0.15) is 33.8 Å². The lowest BCUT2D eigenvalue weighted by Crippen LogP contribution is -2.47. The van der Waals surface area contributed by atoms with Crippen LogP contribution in [0.2, 0.25) is 0 Å². The largest absolute Gasteiger partial charge is 0.496 e. The summed E-state index contributed by atoms with van der Waals surface area (Å²) in [6.07, 6.45) is 0.996. The number of aryl methyl sites for hydroxylation is 1. The Hall–Kier alpha value is -2.04. The van der Waals surface area contributed by atoms with Gasteiger partial charge in [-0.2, -0.15) is 0 Å². The molecule has 0 saturated carbocycles. The SMILES string of the molecule is COc1ccccc1C(=O)N1c2ccc(C)cc2C2CN(C)CCC21.Cl. The van der Waals surface area contributed by atoms with E-state index in [4.69, 9.17) is 4.74 Å². The van der Waals surface area contributed by atoms with E-state index in [0.29, 0.717) is 17.2 Å². The molecule has 2 aliphatic rings. The Bertz CT molecular complexity index is 823. The number of hydrogen-bond donors (Lipinski definition) is 0. The highest BCUT2D eigenvalue weighted by atomic mass is 35.5. The molecule has 0 radical (unpaired) electrons.